The number of aliphatic hydroxyl groups excluding tert-OH is 1. The highest BCUT2D eigenvalue weighted by Gasteiger charge is 2.16. The molecule has 1 aliphatic carbocycles. The quantitative estimate of drug-likeness (QED) is 0.682. The van der Waals surface area contributed by atoms with Crippen molar-refractivity contribution in [2.75, 3.05) is 13.2 Å². The highest BCUT2D eigenvalue weighted by Crippen LogP contribution is 2.18. The lowest BCUT2D eigenvalue weighted by Gasteiger charge is -2.21. The minimum absolute atomic E-state index is 0.0137. The predicted octanol–water partition coefficient (Wildman–Crippen LogP) is 3.76. The van der Waals surface area contributed by atoms with Gasteiger partial charge in [-0.25, -0.2) is 0 Å². The monoisotopic (exact) mass is 315 g/mol. The number of hydrogen-bond donors (Lipinski definition) is 2. The Morgan fingerprint density at radius 1 is 1.17 bits per heavy atom. The lowest BCUT2D eigenvalue weighted by atomic mass is 9.95. The summed E-state index contributed by atoms with van der Waals surface area (Å²) in [5.74, 6) is 0.916. The van der Waals surface area contributed by atoms with Crippen molar-refractivity contribution < 1.29 is 9.84 Å². The Morgan fingerprint density at radius 3 is 2.61 bits per heavy atom. The molecule has 3 N–H and O–H groups in total. The summed E-state index contributed by atoms with van der Waals surface area (Å²) in [6.45, 7) is 2.64. The minimum atomic E-state index is -0.503. The molecule has 0 saturated carbocycles. The van der Waals surface area contributed by atoms with Crippen molar-refractivity contribution in [3.8, 4) is 5.75 Å². The van der Waals surface area contributed by atoms with Crippen LogP contribution in [0.1, 0.15) is 44.6 Å². The number of ether oxygens (including phenoxy) is 1. The molecule has 3 heteroatoms. The van der Waals surface area contributed by atoms with Gasteiger partial charge < -0.3 is 15.6 Å². The molecular weight excluding hydrogens is 286 g/mol. The lowest BCUT2D eigenvalue weighted by Crippen LogP contribution is -2.40. The molecule has 23 heavy (non-hydrogen) atoms. The van der Waals surface area contributed by atoms with Gasteiger partial charge >= 0.3 is 0 Å². The van der Waals surface area contributed by atoms with Gasteiger partial charge in [-0.15, -0.1) is 0 Å². The molecule has 0 aliphatic heterocycles. The Labute approximate surface area is 139 Å². The number of aliphatic hydroxyl groups is 1. The van der Waals surface area contributed by atoms with Crippen LogP contribution < -0.4 is 10.5 Å². The van der Waals surface area contributed by atoms with Gasteiger partial charge in [-0.3, -0.25) is 0 Å². The van der Waals surface area contributed by atoms with Gasteiger partial charge in [0, 0.05) is 5.54 Å². The van der Waals surface area contributed by atoms with Gasteiger partial charge in [0.2, 0.25) is 0 Å². The molecular formula is C20H29NO2. The van der Waals surface area contributed by atoms with Crippen LogP contribution >= 0.6 is 0 Å². The van der Waals surface area contributed by atoms with E-state index in [9.17, 15) is 5.11 Å². The molecule has 1 atom stereocenters. The van der Waals surface area contributed by atoms with Gasteiger partial charge in [0.05, 0.1) is 13.2 Å². The molecule has 1 aromatic carbocycles. The summed E-state index contributed by atoms with van der Waals surface area (Å²) >= 11 is 0. The van der Waals surface area contributed by atoms with E-state index in [0.29, 0.717) is 0 Å². The van der Waals surface area contributed by atoms with Gasteiger partial charge in [0.15, 0.2) is 0 Å². The predicted molar refractivity (Wildman–Crippen MR) is 95.6 cm³/mol. The highest BCUT2D eigenvalue weighted by atomic mass is 16.5. The summed E-state index contributed by atoms with van der Waals surface area (Å²) in [5, 5.41) is 9.18. The molecule has 0 heterocycles. The van der Waals surface area contributed by atoms with Crippen molar-refractivity contribution in [1.29, 1.82) is 0 Å². The molecule has 1 aliphatic rings. The molecule has 2 rings (SSSR count). The van der Waals surface area contributed by atoms with E-state index < -0.39 is 5.54 Å². The summed E-state index contributed by atoms with van der Waals surface area (Å²) in [7, 11) is 0. The summed E-state index contributed by atoms with van der Waals surface area (Å²) in [6.07, 6.45) is 12.9. The van der Waals surface area contributed by atoms with Crippen molar-refractivity contribution in [2.24, 2.45) is 5.73 Å². The summed E-state index contributed by atoms with van der Waals surface area (Å²) in [5.41, 5.74) is 8.11. The third-order valence-electron chi connectivity index (χ3n) is 4.22. The molecule has 1 unspecified atom stereocenters. The number of benzene rings is 1. The van der Waals surface area contributed by atoms with Crippen LogP contribution in [0.5, 0.6) is 5.75 Å². The molecule has 0 bridgehead atoms. The maximum atomic E-state index is 9.18. The molecule has 0 spiro atoms. The molecule has 1 aromatic rings. The van der Waals surface area contributed by atoms with Gasteiger partial charge in [-0.1, -0.05) is 35.9 Å². The Bertz CT molecular complexity index is 529. The van der Waals surface area contributed by atoms with Crippen molar-refractivity contribution >= 4 is 0 Å². The van der Waals surface area contributed by atoms with Crippen molar-refractivity contribution in [1.82, 2.24) is 0 Å². The molecule has 0 saturated heterocycles. The van der Waals surface area contributed by atoms with E-state index in [4.69, 9.17) is 10.5 Å². The fourth-order valence-electron chi connectivity index (χ4n) is 2.58. The molecule has 0 radical (unpaired) electrons. The van der Waals surface area contributed by atoms with E-state index in [2.05, 4.69) is 30.4 Å². The second-order valence-electron chi connectivity index (χ2n) is 6.67. The van der Waals surface area contributed by atoms with E-state index in [1.165, 1.54) is 24.0 Å². The maximum Gasteiger partial charge on any atom is 0.119 e. The first-order valence-corrected chi connectivity index (χ1v) is 8.56. The molecule has 0 aromatic heterocycles. The first-order chi connectivity index (χ1) is 11.1. The first-order valence-electron chi connectivity index (χ1n) is 8.56. The second kappa shape index (κ2) is 8.90. The number of aryl methyl sites for hydroxylation is 1. The van der Waals surface area contributed by atoms with E-state index in [-0.39, 0.29) is 6.61 Å². The van der Waals surface area contributed by atoms with Gasteiger partial charge in [0.1, 0.15) is 5.75 Å². The van der Waals surface area contributed by atoms with E-state index in [0.717, 1.165) is 38.0 Å². The van der Waals surface area contributed by atoms with Crippen LogP contribution in [0.25, 0.3) is 0 Å². The Hall–Kier alpha value is -1.58. The fourth-order valence-corrected chi connectivity index (χ4v) is 2.58. The van der Waals surface area contributed by atoms with Crippen LogP contribution in [0.15, 0.2) is 48.1 Å². The third-order valence-corrected chi connectivity index (χ3v) is 4.22. The number of hydrogen-bond acceptors (Lipinski definition) is 3. The second-order valence-corrected chi connectivity index (χ2v) is 6.67. The van der Waals surface area contributed by atoms with Gasteiger partial charge in [0.25, 0.3) is 0 Å². The Balaban J connectivity index is 1.68. The van der Waals surface area contributed by atoms with Crippen LogP contribution in [-0.2, 0) is 6.42 Å². The van der Waals surface area contributed by atoms with Crippen molar-refractivity contribution in [3.63, 3.8) is 0 Å². The first kappa shape index (κ1) is 17.8. The van der Waals surface area contributed by atoms with Crippen LogP contribution in [0.3, 0.4) is 0 Å². The maximum absolute atomic E-state index is 9.18. The van der Waals surface area contributed by atoms with Crippen molar-refractivity contribution in [2.45, 2.75) is 51.0 Å². The van der Waals surface area contributed by atoms with Crippen LogP contribution in [0.4, 0.5) is 0 Å². The highest BCUT2D eigenvalue weighted by molar-refractivity contribution is 5.27. The zero-order valence-corrected chi connectivity index (χ0v) is 14.1. The standard InChI is InChI=1S/C20H29NO2/c1-20(21,16-22)14-13-18-9-11-19(12-10-18)23-15-5-8-17-6-3-2-4-7-17/h3,6-7,9-12,22H,2,4-5,8,13-16,21H2,1H3. The number of rotatable bonds is 9. The van der Waals surface area contributed by atoms with Gasteiger partial charge in [-0.2, -0.15) is 0 Å². The Morgan fingerprint density at radius 2 is 1.96 bits per heavy atom. The van der Waals surface area contributed by atoms with Crippen LogP contribution in [0.2, 0.25) is 0 Å². The SMILES string of the molecule is CC(N)(CO)CCc1ccc(OCCCC2=CCCC=C2)cc1. The molecule has 3 nitrogen and oxygen atoms in total. The smallest absolute Gasteiger partial charge is 0.119 e. The van der Waals surface area contributed by atoms with E-state index in [1.807, 2.05) is 19.1 Å². The number of nitrogens with two attached hydrogens (primary N) is 1. The molecule has 0 amide bonds. The summed E-state index contributed by atoms with van der Waals surface area (Å²) in [4.78, 5) is 0. The number of allylic oxidation sites excluding steroid dienone is 4. The third kappa shape index (κ3) is 6.59. The average molecular weight is 315 g/mol. The van der Waals surface area contributed by atoms with Crippen LogP contribution in [-0.4, -0.2) is 23.9 Å². The normalized spacial score (nSPS) is 16.7. The molecule has 0 fully saturated rings. The topological polar surface area (TPSA) is 55.5 Å². The summed E-state index contributed by atoms with van der Waals surface area (Å²) in [6, 6.07) is 8.19. The zero-order chi connectivity index (χ0) is 16.5. The van der Waals surface area contributed by atoms with Crippen molar-refractivity contribution in [3.05, 3.63) is 53.6 Å². The Kier molecular flexibility index (Phi) is 6.87. The lowest BCUT2D eigenvalue weighted by molar-refractivity contribution is 0.200. The van der Waals surface area contributed by atoms with E-state index >= 15 is 0 Å². The summed E-state index contributed by atoms with van der Waals surface area (Å²) < 4.78 is 5.80. The van der Waals surface area contributed by atoms with Gasteiger partial charge in [-0.05, 0) is 63.1 Å². The minimum Gasteiger partial charge on any atom is -0.494 e. The van der Waals surface area contributed by atoms with E-state index in [1.54, 1.807) is 0 Å². The fraction of sp³-hybridized carbons (Fsp3) is 0.500. The largest absolute Gasteiger partial charge is 0.494 e. The molecule has 126 valence electrons. The zero-order valence-electron chi connectivity index (χ0n) is 14.1. The average Bonchev–Trinajstić information content (AvgIpc) is 2.59. The van der Waals surface area contributed by atoms with Crippen LogP contribution in [0, 0.1) is 0 Å².